The van der Waals surface area contributed by atoms with Crippen LogP contribution in [0.2, 0.25) is 0 Å². The number of morpholine rings is 1. The van der Waals surface area contributed by atoms with E-state index in [-0.39, 0.29) is 12.0 Å². The van der Waals surface area contributed by atoms with E-state index in [4.69, 9.17) is 14.2 Å². The van der Waals surface area contributed by atoms with Gasteiger partial charge in [0.2, 0.25) is 0 Å². The lowest BCUT2D eigenvalue weighted by Gasteiger charge is -2.43. The van der Waals surface area contributed by atoms with E-state index in [2.05, 4.69) is 43.9 Å². The number of aryl methyl sites for hydroxylation is 1. The van der Waals surface area contributed by atoms with Crippen LogP contribution in [0.5, 0.6) is 6.01 Å². The maximum absolute atomic E-state index is 15.5. The number of benzene rings is 1. The molecule has 36 heavy (non-hydrogen) atoms. The molecule has 4 saturated heterocycles. The number of ether oxygens (including phenoxy) is 3. The number of methoxy groups -OCH3 is 1. The molecule has 10 heteroatoms. The van der Waals surface area contributed by atoms with Gasteiger partial charge < -0.3 is 19.1 Å². The second-order valence-corrected chi connectivity index (χ2v) is 10.5. The molecule has 0 aliphatic carbocycles. The fraction of sp³-hybridized carbons (Fsp3) is 0.577. The number of anilines is 1. The highest BCUT2D eigenvalue weighted by atomic mass is 19.1. The molecule has 0 amide bonds. The summed E-state index contributed by atoms with van der Waals surface area (Å²) < 4.78 is 33.8. The number of nitrogens with zero attached hydrogens (tertiary/aromatic N) is 6. The van der Waals surface area contributed by atoms with Crippen LogP contribution in [0.4, 0.5) is 10.2 Å². The lowest BCUT2D eigenvalue weighted by atomic mass is 9.84. The maximum Gasteiger partial charge on any atom is 0.320 e. The lowest BCUT2D eigenvalue weighted by molar-refractivity contribution is -0.0807. The zero-order valence-corrected chi connectivity index (χ0v) is 20.6. The third-order valence-electron chi connectivity index (χ3n) is 8.34. The summed E-state index contributed by atoms with van der Waals surface area (Å²) in [5, 5.41) is 5.67. The topological polar surface area (TPSA) is 77.8 Å². The van der Waals surface area contributed by atoms with E-state index in [0.717, 1.165) is 73.6 Å². The second-order valence-electron chi connectivity index (χ2n) is 10.5. The Hall–Kier alpha value is -2.82. The van der Waals surface area contributed by atoms with E-state index in [1.807, 2.05) is 16.9 Å². The summed E-state index contributed by atoms with van der Waals surface area (Å²) in [6.07, 6.45) is 3.01. The number of alkyl halides is 1. The highest BCUT2D eigenvalue weighted by Crippen LogP contribution is 2.37. The zero-order chi connectivity index (χ0) is 24.4. The molecule has 4 fully saturated rings. The van der Waals surface area contributed by atoms with Gasteiger partial charge in [0.1, 0.15) is 12.0 Å². The van der Waals surface area contributed by atoms with Crippen molar-refractivity contribution in [3.63, 3.8) is 0 Å². The number of piperidine rings is 1. The third-order valence-corrected chi connectivity index (χ3v) is 8.34. The monoisotopic (exact) mass is 494 g/mol. The van der Waals surface area contributed by atoms with Crippen LogP contribution in [0, 0.1) is 6.92 Å². The summed E-state index contributed by atoms with van der Waals surface area (Å²) in [5.74, 6) is 1.33. The van der Waals surface area contributed by atoms with E-state index >= 15 is 4.39 Å². The van der Waals surface area contributed by atoms with Gasteiger partial charge in [-0.2, -0.15) is 15.1 Å². The Labute approximate surface area is 209 Å². The first-order valence-corrected chi connectivity index (χ1v) is 12.8. The van der Waals surface area contributed by atoms with Gasteiger partial charge in [-0.05, 0) is 49.6 Å². The standard InChI is InChI=1S/C26H31FN6O3/c1-15-5-16-9-28-33(23(16)7-21(15)20-3-4-31(11-22(20)27)18-12-35-13-18)25-8-24(29-26(30-25)34-2)32-10-19-6-17(32)14-36-19/h5,7-9,17-20,22H,3-4,6,10-14H2,1-2H3. The zero-order valence-electron chi connectivity index (χ0n) is 20.6. The minimum absolute atomic E-state index is 0.134. The van der Waals surface area contributed by atoms with Crippen molar-refractivity contribution >= 4 is 16.7 Å². The van der Waals surface area contributed by atoms with Gasteiger partial charge in [-0.1, -0.05) is 0 Å². The van der Waals surface area contributed by atoms with Crippen molar-refractivity contribution in [2.45, 2.75) is 50.0 Å². The van der Waals surface area contributed by atoms with Crippen molar-refractivity contribution in [1.82, 2.24) is 24.6 Å². The number of hydrogen-bond acceptors (Lipinski definition) is 8. The molecule has 2 aromatic heterocycles. The number of fused-ring (bicyclic) bond motifs is 3. The van der Waals surface area contributed by atoms with Crippen LogP contribution in [0.15, 0.2) is 24.4 Å². The van der Waals surface area contributed by atoms with Gasteiger partial charge in [-0.3, -0.25) is 4.90 Å². The van der Waals surface area contributed by atoms with Gasteiger partial charge in [-0.15, -0.1) is 0 Å². The number of hydrogen-bond donors (Lipinski definition) is 0. The molecule has 0 saturated carbocycles. The number of likely N-dealkylation sites (tertiary alicyclic amines) is 1. The van der Waals surface area contributed by atoms with Crippen molar-refractivity contribution in [2.75, 3.05) is 51.5 Å². The van der Waals surface area contributed by atoms with Crippen LogP contribution in [-0.4, -0.2) is 95.6 Å². The van der Waals surface area contributed by atoms with Gasteiger partial charge >= 0.3 is 6.01 Å². The highest BCUT2D eigenvalue weighted by Gasteiger charge is 2.40. The molecule has 9 nitrogen and oxygen atoms in total. The quantitative estimate of drug-likeness (QED) is 0.536. The molecule has 2 bridgehead atoms. The van der Waals surface area contributed by atoms with Crippen molar-refractivity contribution in [3.8, 4) is 11.8 Å². The molecule has 0 N–H and O–H groups in total. The number of rotatable bonds is 5. The normalized spacial score (nSPS) is 28.7. The fourth-order valence-electron chi connectivity index (χ4n) is 6.26. The Balaban J connectivity index is 1.24. The van der Waals surface area contributed by atoms with Gasteiger partial charge in [0.15, 0.2) is 5.82 Å². The van der Waals surface area contributed by atoms with E-state index in [1.54, 1.807) is 7.11 Å². The molecule has 4 aliphatic heterocycles. The summed E-state index contributed by atoms with van der Waals surface area (Å²) >= 11 is 0. The van der Waals surface area contributed by atoms with Crippen LogP contribution >= 0.6 is 0 Å². The van der Waals surface area contributed by atoms with Gasteiger partial charge in [0, 0.05) is 30.5 Å². The van der Waals surface area contributed by atoms with Crippen LogP contribution < -0.4 is 9.64 Å². The second kappa shape index (κ2) is 8.64. The van der Waals surface area contributed by atoms with Crippen molar-refractivity contribution in [2.24, 2.45) is 0 Å². The summed E-state index contributed by atoms with van der Waals surface area (Å²) in [4.78, 5) is 13.8. The van der Waals surface area contributed by atoms with E-state index in [1.165, 1.54) is 0 Å². The van der Waals surface area contributed by atoms with Gasteiger partial charge in [0.05, 0.1) is 56.8 Å². The van der Waals surface area contributed by atoms with Crippen LogP contribution in [0.3, 0.4) is 0 Å². The molecular weight excluding hydrogens is 463 g/mol. The molecule has 6 heterocycles. The average molecular weight is 495 g/mol. The first kappa shape index (κ1) is 22.4. The molecule has 4 aliphatic rings. The Morgan fingerprint density at radius 3 is 2.61 bits per heavy atom. The molecule has 7 rings (SSSR count). The van der Waals surface area contributed by atoms with E-state index < -0.39 is 6.17 Å². The molecule has 190 valence electrons. The minimum Gasteiger partial charge on any atom is -0.467 e. The first-order valence-electron chi connectivity index (χ1n) is 12.8. The maximum atomic E-state index is 15.5. The Kier molecular flexibility index (Phi) is 5.37. The first-order chi connectivity index (χ1) is 17.6. The Bertz CT molecular complexity index is 1300. The van der Waals surface area contributed by atoms with E-state index in [0.29, 0.717) is 30.5 Å². The summed E-state index contributed by atoms with van der Waals surface area (Å²) in [6.45, 7) is 6.40. The van der Waals surface area contributed by atoms with E-state index in [9.17, 15) is 0 Å². The van der Waals surface area contributed by atoms with Gasteiger partial charge in [0.25, 0.3) is 0 Å². The Morgan fingerprint density at radius 2 is 1.92 bits per heavy atom. The molecular formula is C26H31FN6O3. The van der Waals surface area contributed by atoms with Crippen molar-refractivity contribution in [3.05, 3.63) is 35.5 Å². The van der Waals surface area contributed by atoms with Crippen LogP contribution in [-0.2, 0) is 9.47 Å². The lowest BCUT2D eigenvalue weighted by Crippen LogP contribution is -2.54. The van der Waals surface area contributed by atoms with Crippen LogP contribution in [0.1, 0.15) is 29.9 Å². The highest BCUT2D eigenvalue weighted by molar-refractivity contribution is 5.82. The van der Waals surface area contributed by atoms with Crippen molar-refractivity contribution < 1.29 is 18.6 Å². The largest absolute Gasteiger partial charge is 0.467 e. The predicted molar refractivity (Wildman–Crippen MR) is 132 cm³/mol. The third kappa shape index (κ3) is 3.65. The molecule has 4 atom stereocenters. The van der Waals surface area contributed by atoms with Gasteiger partial charge in [-0.25, -0.2) is 9.07 Å². The molecule has 3 aromatic rings. The minimum atomic E-state index is -0.912. The molecule has 0 radical (unpaired) electrons. The fourth-order valence-corrected chi connectivity index (χ4v) is 6.26. The number of aromatic nitrogens is 4. The SMILES string of the molecule is COc1nc(N2CC3CC2CO3)cc(-n2ncc3cc(C)c(C4CCN(C5COC5)CC4F)cc32)n1. The summed E-state index contributed by atoms with van der Waals surface area (Å²) in [7, 11) is 1.58. The average Bonchev–Trinajstić information content (AvgIpc) is 3.58. The summed E-state index contributed by atoms with van der Waals surface area (Å²) in [6, 6.07) is 7.18. The Morgan fingerprint density at radius 1 is 1.06 bits per heavy atom. The molecule has 1 aromatic carbocycles. The predicted octanol–water partition coefficient (Wildman–Crippen LogP) is 2.64. The number of halogens is 1. The van der Waals surface area contributed by atoms with Crippen LogP contribution in [0.25, 0.3) is 16.7 Å². The molecule has 0 spiro atoms. The summed E-state index contributed by atoms with van der Waals surface area (Å²) in [5.41, 5.74) is 3.07. The smallest absolute Gasteiger partial charge is 0.320 e. The molecule has 4 unspecified atom stereocenters. The van der Waals surface area contributed by atoms with Crippen molar-refractivity contribution in [1.29, 1.82) is 0 Å².